The van der Waals surface area contributed by atoms with Gasteiger partial charge in [-0.25, -0.2) is 0 Å². The van der Waals surface area contributed by atoms with Gasteiger partial charge in [-0.1, -0.05) is 29.3 Å². The van der Waals surface area contributed by atoms with E-state index in [1.807, 2.05) is 24.3 Å². The smallest absolute Gasteiger partial charge is 0.0439 e. The molecule has 2 aromatic rings. The van der Waals surface area contributed by atoms with E-state index in [0.29, 0.717) is 16.5 Å². The van der Waals surface area contributed by atoms with Crippen LogP contribution in [0.1, 0.15) is 11.3 Å². The Kier molecular flexibility index (Phi) is 5.16. The van der Waals surface area contributed by atoms with Gasteiger partial charge in [0.1, 0.15) is 0 Å². The summed E-state index contributed by atoms with van der Waals surface area (Å²) in [5.74, 6) is 5.60. The van der Waals surface area contributed by atoms with Crippen LogP contribution in [0, 0.1) is 0 Å². The quantitative estimate of drug-likeness (QED) is 0.658. The van der Waals surface area contributed by atoms with Crippen molar-refractivity contribution >= 4 is 23.2 Å². The Balaban J connectivity index is 2.09. The first kappa shape index (κ1) is 14.3. The molecule has 2 rings (SSSR count). The Bertz CT molecular complexity index is 531. The fourth-order valence-corrected chi connectivity index (χ4v) is 2.32. The molecule has 100 valence electrons. The number of rotatable bonds is 5. The van der Waals surface area contributed by atoms with Crippen LogP contribution in [-0.4, -0.2) is 11.0 Å². The minimum absolute atomic E-state index is 0.0610. The third-order valence-corrected chi connectivity index (χ3v) is 3.50. The van der Waals surface area contributed by atoms with Crippen molar-refractivity contribution in [3.05, 3.63) is 63.9 Å². The predicted octanol–water partition coefficient (Wildman–Crippen LogP) is 3.01. The predicted molar refractivity (Wildman–Crippen MR) is 79.2 cm³/mol. The fraction of sp³-hybridized carbons (Fsp3) is 0.214. The highest BCUT2D eigenvalue weighted by Gasteiger charge is 2.12. The molecule has 1 aromatic heterocycles. The van der Waals surface area contributed by atoms with Crippen molar-refractivity contribution in [2.75, 3.05) is 0 Å². The van der Waals surface area contributed by atoms with Crippen molar-refractivity contribution in [2.24, 2.45) is 5.84 Å². The Labute approximate surface area is 122 Å². The number of hydrazine groups is 1. The molecule has 0 spiro atoms. The number of pyridine rings is 1. The molecule has 0 saturated heterocycles. The van der Waals surface area contributed by atoms with Gasteiger partial charge in [-0.15, -0.1) is 0 Å². The molecule has 0 amide bonds. The highest BCUT2D eigenvalue weighted by Crippen LogP contribution is 2.22. The van der Waals surface area contributed by atoms with Crippen molar-refractivity contribution in [2.45, 2.75) is 18.9 Å². The lowest BCUT2D eigenvalue weighted by molar-refractivity contribution is 0.517. The SMILES string of the molecule is NNC(Cc1ccccn1)Cc1cc(Cl)ccc1Cl. The van der Waals surface area contributed by atoms with Gasteiger partial charge in [0, 0.05) is 34.4 Å². The molecule has 0 aliphatic heterocycles. The molecule has 0 fully saturated rings. The molecule has 3 nitrogen and oxygen atoms in total. The first-order chi connectivity index (χ1) is 9.19. The zero-order chi connectivity index (χ0) is 13.7. The van der Waals surface area contributed by atoms with E-state index in [1.165, 1.54) is 0 Å². The lowest BCUT2D eigenvalue weighted by atomic mass is 10.0. The summed E-state index contributed by atoms with van der Waals surface area (Å²) < 4.78 is 0. The lowest BCUT2D eigenvalue weighted by Gasteiger charge is -2.16. The molecule has 1 atom stereocenters. The van der Waals surface area contributed by atoms with Crippen LogP contribution in [0.15, 0.2) is 42.6 Å². The molecular weight excluding hydrogens is 281 g/mol. The van der Waals surface area contributed by atoms with E-state index in [2.05, 4.69) is 10.4 Å². The van der Waals surface area contributed by atoms with Crippen molar-refractivity contribution < 1.29 is 0 Å². The van der Waals surface area contributed by atoms with Crippen molar-refractivity contribution in [3.63, 3.8) is 0 Å². The number of aromatic nitrogens is 1. The first-order valence-corrected chi connectivity index (χ1v) is 6.74. The fourth-order valence-electron chi connectivity index (χ4n) is 1.93. The molecule has 1 heterocycles. The van der Waals surface area contributed by atoms with Crippen molar-refractivity contribution in [1.29, 1.82) is 0 Å². The lowest BCUT2D eigenvalue weighted by Crippen LogP contribution is -2.38. The van der Waals surface area contributed by atoms with E-state index in [1.54, 1.807) is 18.3 Å². The zero-order valence-corrected chi connectivity index (χ0v) is 11.8. The Morgan fingerprint density at radius 3 is 2.68 bits per heavy atom. The Morgan fingerprint density at radius 2 is 2.00 bits per heavy atom. The van der Waals surface area contributed by atoms with E-state index in [0.717, 1.165) is 17.7 Å². The van der Waals surface area contributed by atoms with Crippen LogP contribution >= 0.6 is 23.2 Å². The molecule has 3 N–H and O–H groups in total. The Hall–Kier alpha value is -1.13. The van der Waals surface area contributed by atoms with Gasteiger partial charge in [0.2, 0.25) is 0 Å². The van der Waals surface area contributed by atoms with Gasteiger partial charge < -0.3 is 0 Å². The summed E-state index contributed by atoms with van der Waals surface area (Å²) in [6.45, 7) is 0. The van der Waals surface area contributed by atoms with Crippen LogP contribution in [-0.2, 0) is 12.8 Å². The van der Waals surface area contributed by atoms with Crippen LogP contribution in [0.3, 0.4) is 0 Å². The summed E-state index contributed by atoms with van der Waals surface area (Å²) in [6.07, 6.45) is 3.21. The zero-order valence-electron chi connectivity index (χ0n) is 10.3. The van der Waals surface area contributed by atoms with E-state index in [4.69, 9.17) is 29.0 Å². The monoisotopic (exact) mass is 295 g/mol. The maximum absolute atomic E-state index is 6.16. The molecule has 0 saturated carbocycles. The van der Waals surface area contributed by atoms with Crippen LogP contribution in [0.2, 0.25) is 10.0 Å². The molecule has 5 heteroatoms. The van der Waals surface area contributed by atoms with Crippen LogP contribution in [0.5, 0.6) is 0 Å². The van der Waals surface area contributed by atoms with Gasteiger partial charge >= 0.3 is 0 Å². The van der Waals surface area contributed by atoms with E-state index < -0.39 is 0 Å². The van der Waals surface area contributed by atoms with Gasteiger partial charge in [-0.3, -0.25) is 16.3 Å². The summed E-state index contributed by atoms with van der Waals surface area (Å²) in [5, 5.41) is 1.37. The molecule has 0 aliphatic rings. The van der Waals surface area contributed by atoms with Gasteiger partial charge in [-0.05, 0) is 42.3 Å². The number of halogens is 2. The second kappa shape index (κ2) is 6.87. The molecule has 19 heavy (non-hydrogen) atoms. The van der Waals surface area contributed by atoms with Crippen molar-refractivity contribution in [1.82, 2.24) is 10.4 Å². The standard InChI is InChI=1S/C14H15Cl2N3/c15-11-4-5-14(16)10(7-11)8-13(19-17)9-12-3-1-2-6-18-12/h1-7,13,19H,8-9,17H2. The maximum atomic E-state index is 6.16. The third kappa shape index (κ3) is 4.18. The van der Waals surface area contributed by atoms with Crippen LogP contribution in [0.4, 0.5) is 0 Å². The molecule has 0 bridgehead atoms. The number of nitrogens with zero attached hydrogens (tertiary/aromatic N) is 1. The highest BCUT2D eigenvalue weighted by atomic mass is 35.5. The van der Waals surface area contributed by atoms with E-state index in [9.17, 15) is 0 Å². The van der Waals surface area contributed by atoms with Crippen LogP contribution < -0.4 is 11.3 Å². The van der Waals surface area contributed by atoms with Crippen molar-refractivity contribution in [3.8, 4) is 0 Å². The number of nitrogens with two attached hydrogens (primary N) is 1. The highest BCUT2D eigenvalue weighted by molar-refractivity contribution is 6.33. The van der Waals surface area contributed by atoms with Gasteiger partial charge in [0.15, 0.2) is 0 Å². The van der Waals surface area contributed by atoms with Gasteiger partial charge in [-0.2, -0.15) is 0 Å². The molecule has 1 unspecified atom stereocenters. The molecule has 0 aliphatic carbocycles. The number of hydrogen-bond donors (Lipinski definition) is 2. The molecule has 1 aromatic carbocycles. The van der Waals surface area contributed by atoms with Gasteiger partial charge in [0.05, 0.1) is 0 Å². The summed E-state index contributed by atoms with van der Waals surface area (Å²) >= 11 is 12.1. The number of nitrogens with one attached hydrogen (secondary N) is 1. The third-order valence-electron chi connectivity index (χ3n) is 2.89. The van der Waals surface area contributed by atoms with Crippen LogP contribution in [0.25, 0.3) is 0 Å². The Morgan fingerprint density at radius 1 is 1.16 bits per heavy atom. The largest absolute Gasteiger partial charge is 0.271 e. The van der Waals surface area contributed by atoms with E-state index >= 15 is 0 Å². The summed E-state index contributed by atoms with van der Waals surface area (Å²) in [4.78, 5) is 4.29. The molecule has 0 radical (unpaired) electrons. The molecular formula is C14H15Cl2N3. The second-order valence-electron chi connectivity index (χ2n) is 4.33. The maximum Gasteiger partial charge on any atom is 0.0439 e. The average molecular weight is 296 g/mol. The second-order valence-corrected chi connectivity index (χ2v) is 5.17. The van der Waals surface area contributed by atoms with Gasteiger partial charge in [0.25, 0.3) is 0 Å². The summed E-state index contributed by atoms with van der Waals surface area (Å²) in [7, 11) is 0. The minimum atomic E-state index is 0.0610. The normalized spacial score (nSPS) is 12.4. The summed E-state index contributed by atoms with van der Waals surface area (Å²) in [6, 6.07) is 11.3. The summed E-state index contributed by atoms with van der Waals surface area (Å²) in [5.41, 5.74) is 4.77. The van der Waals surface area contributed by atoms with E-state index in [-0.39, 0.29) is 6.04 Å². The number of benzene rings is 1. The minimum Gasteiger partial charge on any atom is -0.271 e. The topological polar surface area (TPSA) is 50.9 Å². The number of hydrogen-bond acceptors (Lipinski definition) is 3. The average Bonchev–Trinajstić information content (AvgIpc) is 2.43. The first-order valence-electron chi connectivity index (χ1n) is 5.99.